The molecule has 86 valence electrons. The highest BCUT2D eigenvalue weighted by Crippen LogP contribution is 2.25. The van der Waals surface area contributed by atoms with Gasteiger partial charge in [0.05, 0.1) is 6.42 Å². The topological polar surface area (TPSA) is 32.3 Å². The number of hydrogen-bond acceptors (Lipinski definition) is 2. The van der Waals surface area contributed by atoms with Gasteiger partial charge in [0, 0.05) is 19.6 Å². The highest BCUT2D eigenvalue weighted by molar-refractivity contribution is 5.77. The number of likely N-dealkylation sites (tertiary alicyclic amines) is 1. The van der Waals surface area contributed by atoms with Crippen LogP contribution in [-0.2, 0) is 4.79 Å². The van der Waals surface area contributed by atoms with Crippen molar-refractivity contribution < 1.29 is 9.18 Å². The molecule has 0 bridgehead atoms. The van der Waals surface area contributed by atoms with Crippen LogP contribution < -0.4 is 5.32 Å². The first kappa shape index (κ1) is 10.9. The third kappa shape index (κ3) is 2.68. The molecule has 15 heavy (non-hydrogen) atoms. The average Bonchev–Trinajstić information content (AvgIpc) is 2.66. The van der Waals surface area contributed by atoms with Crippen LogP contribution in [0.25, 0.3) is 0 Å². The van der Waals surface area contributed by atoms with E-state index in [4.69, 9.17) is 0 Å². The van der Waals surface area contributed by atoms with E-state index in [2.05, 4.69) is 5.32 Å². The minimum atomic E-state index is -1.28. The van der Waals surface area contributed by atoms with Gasteiger partial charge in [-0.25, -0.2) is 4.39 Å². The van der Waals surface area contributed by atoms with E-state index in [0.717, 1.165) is 25.9 Å². The van der Waals surface area contributed by atoms with Gasteiger partial charge in [-0.05, 0) is 32.2 Å². The lowest BCUT2D eigenvalue weighted by atomic mass is 9.99. The molecule has 0 radical (unpaired) electrons. The van der Waals surface area contributed by atoms with Gasteiger partial charge in [0.15, 0.2) is 0 Å². The zero-order chi connectivity index (χ0) is 10.7. The Labute approximate surface area is 90.0 Å². The second-order valence-corrected chi connectivity index (χ2v) is 4.70. The molecular formula is C11H19FN2O. The van der Waals surface area contributed by atoms with Gasteiger partial charge in [0.25, 0.3) is 0 Å². The fourth-order valence-corrected chi connectivity index (χ4v) is 2.39. The molecule has 1 unspecified atom stereocenters. The Kier molecular flexibility index (Phi) is 3.24. The van der Waals surface area contributed by atoms with Crippen LogP contribution >= 0.6 is 0 Å². The van der Waals surface area contributed by atoms with Gasteiger partial charge in [0.2, 0.25) is 5.91 Å². The van der Waals surface area contributed by atoms with E-state index >= 15 is 0 Å². The van der Waals surface area contributed by atoms with Crippen molar-refractivity contribution in [1.29, 1.82) is 0 Å². The van der Waals surface area contributed by atoms with E-state index in [-0.39, 0.29) is 12.3 Å². The van der Waals surface area contributed by atoms with Gasteiger partial charge in [-0.2, -0.15) is 0 Å². The summed E-state index contributed by atoms with van der Waals surface area (Å²) in [6.07, 6.45) is 3.89. The van der Waals surface area contributed by atoms with Crippen molar-refractivity contribution in [2.75, 3.05) is 26.2 Å². The Hall–Kier alpha value is -0.640. The SMILES string of the molecule is O=C(CC1(F)CCNC1)N1CCCCC1. The Balaban J connectivity index is 1.85. The van der Waals surface area contributed by atoms with Crippen LogP contribution in [0, 0.1) is 0 Å². The molecule has 0 aliphatic carbocycles. The molecule has 2 rings (SSSR count). The molecule has 0 aromatic rings. The van der Waals surface area contributed by atoms with Crippen LogP contribution in [-0.4, -0.2) is 42.7 Å². The second-order valence-electron chi connectivity index (χ2n) is 4.70. The molecule has 1 amide bonds. The second kappa shape index (κ2) is 4.47. The molecule has 2 fully saturated rings. The quantitative estimate of drug-likeness (QED) is 0.746. The van der Waals surface area contributed by atoms with E-state index in [0.29, 0.717) is 19.5 Å². The van der Waals surface area contributed by atoms with Crippen LogP contribution in [0.2, 0.25) is 0 Å². The summed E-state index contributed by atoms with van der Waals surface area (Å²) in [6, 6.07) is 0. The summed E-state index contributed by atoms with van der Waals surface area (Å²) in [6.45, 7) is 2.68. The van der Waals surface area contributed by atoms with Crippen molar-refractivity contribution in [3.63, 3.8) is 0 Å². The maximum Gasteiger partial charge on any atom is 0.225 e. The number of amides is 1. The number of carbonyl (C=O) groups is 1. The molecule has 2 heterocycles. The molecule has 3 nitrogen and oxygen atoms in total. The molecule has 0 aromatic heterocycles. The summed E-state index contributed by atoms with van der Waals surface area (Å²) in [7, 11) is 0. The van der Waals surface area contributed by atoms with Crippen LogP contribution in [0.15, 0.2) is 0 Å². The molecule has 1 atom stereocenters. The Bertz CT molecular complexity index is 233. The van der Waals surface area contributed by atoms with Crippen LogP contribution in [0.3, 0.4) is 0 Å². The normalized spacial score (nSPS) is 31.9. The standard InChI is InChI=1S/C11H19FN2O/c12-11(4-5-13-9-11)8-10(15)14-6-2-1-3-7-14/h13H,1-9H2. The van der Waals surface area contributed by atoms with E-state index in [9.17, 15) is 9.18 Å². The first-order valence-corrected chi connectivity index (χ1v) is 5.87. The third-order valence-electron chi connectivity index (χ3n) is 3.37. The van der Waals surface area contributed by atoms with Gasteiger partial charge in [-0.1, -0.05) is 0 Å². The van der Waals surface area contributed by atoms with E-state index in [1.165, 1.54) is 6.42 Å². The van der Waals surface area contributed by atoms with Crippen LogP contribution in [0.5, 0.6) is 0 Å². The van der Waals surface area contributed by atoms with Gasteiger partial charge in [0.1, 0.15) is 5.67 Å². The molecule has 0 spiro atoms. The van der Waals surface area contributed by atoms with Crippen molar-refractivity contribution >= 4 is 5.91 Å². The number of alkyl halides is 1. The molecular weight excluding hydrogens is 195 g/mol. The van der Waals surface area contributed by atoms with E-state index < -0.39 is 5.67 Å². The van der Waals surface area contributed by atoms with E-state index in [1.54, 1.807) is 0 Å². The van der Waals surface area contributed by atoms with Crippen molar-refractivity contribution in [3.8, 4) is 0 Å². The van der Waals surface area contributed by atoms with Gasteiger partial charge >= 0.3 is 0 Å². The minimum Gasteiger partial charge on any atom is -0.343 e. The summed E-state index contributed by atoms with van der Waals surface area (Å²) in [4.78, 5) is 13.6. The number of carbonyl (C=O) groups excluding carboxylic acids is 1. The fourth-order valence-electron chi connectivity index (χ4n) is 2.39. The lowest BCUT2D eigenvalue weighted by molar-refractivity contribution is -0.134. The van der Waals surface area contributed by atoms with Crippen molar-refractivity contribution in [2.24, 2.45) is 0 Å². The molecule has 2 saturated heterocycles. The summed E-state index contributed by atoms with van der Waals surface area (Å²) in [5.41, 5.74) is -1.28. The van der Waals surface area contributed by atoms with Gasteiger partial charge in [-0.15, -0.1) is 0 Å². The first-order chi connectivity index (χ1) is 7.20. The molecule has 2 aliphatic heterocycles. The monoisotopic (exact) mass is 214 g/mol. The minimum absolute atomic E-state index is 0.000833. The molecule has 4 heteroatoms. The Morgan fingerprint density at radius 3 is 2.67 bits per heavy atom. The summed E-state index contributed by atoms with van der Waals surface area (Å²) in [5.74, 6) is 0.000833. The largest absolute Gasteiger partial charge is 0.343 e. The third-order valence-corrected chi connectivity index (χ3v) is 3.37. The molecule has 0 aromatic carbocycles. The molecule has 2 aliphatic rings. The number of nitrogens with zero attached hydrogens (tertiary/aromatic N) is 1. The zero-order valence-corrected chi connectivity index (χ0v) is 9.10. The molecule has 0 saturated carbocycles. The number of hydrogen-bond donors (Lipinski definition) is 1. The summed E-state index contributed by atoms with van der Waals surface area (Å²) >= 11 is 0. The van der Waals surface area contributed by atoms with Crippen molar-refractivity contribution in [3.05, 3.63) is 0 Å². The van der Waals surface area contributed by atoms with Crippen LogP contribution in [0.4, 0.5) is 4.39 Å². The number of piperidine rings is 1. The Morgan fingerprint density at radius 2 is 2.07 bits per heavy atom. The zero-order valence-electron chi connectivity index (χ0n) is 9.10. The van der Waals surface area contributed by atoms with Crippen molar-refractivity contribution in [1.82, 2.24) is 10.2 Å². The van der Waals surface area contributed by atoms with Gasteiger partial charge < -0.3 is 10.2 Å². The Morgan fingerprint density at radius 1 is 1.33 bits per heavy atom. The first-order valence-electron chi connectivity index (χ1n) is 5.87. The highest BCUT2D eigenvalue weighted by atomic mass is 19.1. The predicted molar refractivity (Wildman–Crippen MR) is 56.4 cm³/mol. The van der Waals surface area contributed by atoms with Crippen molar-refractivity contribution in [2.45, 2.75) is 37.8 Å². The molecule has 1 N–H and O–H groups in total. The summed E-state index contributed by atoms with van der Waals surface area (Å²) < 4.78 is 14.0. The maximum absolute atomic E-state index is 14.0. The lowest BCUT2D eigenvalue weighted by Gasteiger charge is -2.29. The lowest BCUT2D eigenvalue weighted by Crippen LogP contribution is -2.40. The smallest absolute Gasteiger partial charge is 0.225 e. The number of halogens is 1. The predicted octanol–water partition coefficient (Wildman–Crippen LogP) is 1.09. The van der Waals surface area contributed by atoms with Crippen LogP contribution in [0.1, 0.15) is 32.1 Å². The van der Waals surface area contributed by atoms with E-state index in [1.807, 2.05) is 4.90 Å². The van der Waals surface area contributed by atoms with Gasteiger partial charge in [-0.3, -0.25) is 4.79 Å². The summed E-state index contributed by atoms with van der Waals surface area (Å²) in [5, 5.41) is 2.98. The highest BCUT2D eigenvalue weighted by Gasteiger charge is 2.37. The number of nitrogens with one attached hydrogen (secondary N) is 1. The fraction of sp³-hybridized carbons (Fsp3) is 0.909. The maximum atomic E-state index is 14.0. The number of rotatable bonds is 2. The average molecular weight is 214 g/mol.